The number of hydrogen-bond acceptors (Lipinski definition) is 3. The minimum Gasteiger partial charge on any atom is -0.355 e. The average molecular weight is 159 g/mol. The van der Waals surface area contributed by atoms with Crippen molar-refractivity contribution in [3.8, 4) is 0 Å². The second-order valence-electron chi connectivity index (χ2n) is 2.75. The first kappa shape index (κ1) is 8.97. The highest BCUT2D eigenvalue weighted by Crippen LogP contribution is 1.91. The monoisotopic (exact) mass is 159 g/mol. The Morgan fingerprint density at radius 1 is 0.818 bits per heavy atom. The SMILES string of the molecule is C1CCNC1.C1COCOC1. The number of ether oxygens (including phenoxy) is 2. The van der Waals surface area contributed by atoms with Crippen LogP contribution in [0.15, 0.2) is 0 Å². The molecule has 66 valence electrons. The standard InChI is InChI=1S/C4H9N.C4H8O2/c1-2-4-5-3-1;1-2-5-4-6-3-1/h5H,1-4H2;1-4H2. The molecule has 0 amide bonds. The van der Waals surface area contributed by atoms with E-state index in [9.17, 15) is 0 Å². The zero-order chi connectivity index (χ0) is 7.78. The third-order valence-electron chi connectivity index (χ3n) is 1.70. The normalized spacial score (nSPS) is 24.0. The lowest BCUT2D eigenvalue weighted by Gasteiger charge is -2.09. The van der Waals surface area contributed by atoms with Crippen molar-refractivity contribution in [2.45, 2.75) is 19.3 Å². The summed E-state index contributed by atoms with van der Waals surface area (Å²) in [6.45, 7) is 4.75. The first-order valence-corrected chi connectivity index (χ1v) is 4.36. The molecule has 2 rings (SSSR count). The lowest BCUT2D eigenvalue weighted by atomic mass is 10.4. The third-order valence-corrected chi connectivity index (χ3v) is 1.70. The second-order valence-corrected chi connectivity index (χ2v) is 2.75. The van der Waals surface area contributed by atoms with Crippen LogP contribution < -0.4 is 5.32 Å². The summed E-state index contributed by atoms with van der Waals surface area (Å²) >= 11 is 0. The van der Waals surface area contributed by atoms with Gasteiger partial charge in [0.2, 0.25) is 0 Å². The first-order valence-electron chi connectivity index (χ1n) is 4.36. The molecule has 0 aromatic heterocycles. The van der Waals surface area contributed by atoms with Gasteiger partial charge in [0, 0.05) is 0 Å². The Kier molecular flexibility index (Phi) is 5.37. The summed E-state index contributed by atoms with van der Waals surface area (Å²) in [4.78, 5) is 0. The zero-order valence-corrected chi connectivity index (χ0v) is 6.97. The van der Waals surface area contributed by atoms with Gasteiger partial charge in [-0.2, -0.15) is 0 Å². The molecule has 3 nitrogen and oxygen atoms in total. The van der Waals surface area contributed by atoms with Crippen LogP contribution in [0.1, 0.15) is 19.3 Å². The fourth-order valence-electron chi connectivity index (χ4n) is 1.06. The molecule has 0 aromatic carbocycles. The van der Waals surface area contributed by atoms with Gasteiger partial charge in [-0.05, 0) is 32.4 Å². The smallest absolute Gasteiger partial charge is 0.146 e. The van der Waals surface area contributed by atoms with Crippen LogP contribution in [0, 0.1) is 0 Å². The van der Waals surface area contributed by atoms with Crippen molar-refractivity contribution in [1.29, 1.82) is 0 Å². The predicted molar refractivity (Wildman–Crippen MR) is 43.5 cm³/mol. The Hall–Kier alpha value is -0.120. The number of rotatable bonds is 0. The summed E-state index contributed by atoms with van der Waals surface area (Å²) in [6, 6.07) is 0. The Morgan fingerprint density at radius 2 is 1.45 bits per heavy atom. The molecular weight excluding hydrogens is 142 g/mol. The fraction of sp³-hybridized carbons (Fsp3) is 1.00. The van der Waals surface area contributed by atoms with E-state index >= 15 is 0 Å². The minimum atomic E-state index is 0.500. The molecule has 3 heteroatoms. The van der Waals surface area contributed by atoms with Crippen molar-refractivity contribution in [2.24, 2.45) is 0 Å². The third kappa shape index (κ3) is 5.18. The van der Waals surface area contributed by atoms with E-state index < -0.39 is 0 Å². The molecule has 2 aliphatic heterocycles. The molecular formula is C8H17NO2. The molecule has 0 aromatic rings. The van der Waals surface area contributed by atoms with Gasteiger partial charge < -0.3 is 14.8 Å². The maximum Gasteiger partial charge on any atom is 0.146 e. The first-order chi connectivity index (χ1) is 5.50. The van der Waals surface area contributed by atoms with E-state index in [1.807, 2.05) is 0 Å². The van der Waals surface area contributed by atoms with Gasteiger partial charge in [-0.3, -0.25) is 0 Å². The molecule has 0 aliphatic carbocycles. The van der Waals surface area contributed by atoms with Crippen molar-refractivity contribution >= 4 is 0 Å². The summed E-state index contributed by atoms with van der Waals surface area (Å²) in [5.41, 5.74) is 0. The van der Waals surface area contributed by atoms with Gasteiger partial charge in [-0.15, -0.1) is 0 Å². The van der Waals surface area contributed by atoms with E-state index in [0.717, 1.165) is 19.6 Å². The summed E-state index contributed by atoms with van der Waals surface area (Å²) in [5, 5.41) is 3.22. The van der Waals surface area contributed by atoms with Gasteiger partial charge in [-0.1, -0.05) is 0 Å². The lowest BCUT2D eigenvalue weighted by Crippen LogP contribution is -2.11. The van der Waals surface area contributed by atoms with E-state index in [0.29, 0.717) is 6.79 Å². The van der Waals surface area contributed by atoms with Crippen LogP contribution in [0.4, 0.5) is 0 Å². The van der Waals surface area contributed by atoms with Gasteiger partial charge in [0.25, 0.3) is 0 Å². The van der Waals surface area contributed by atoms with Gasteiger partial charge in [0.15, 0.2) is 0 Å². The topological polar surface area (TPSA) is 30.5 Å². The van der Waals surface area contributed by atoms with Gasteiger partial charge in [0.05, 0.1) is 13.2 Å². The zero-order valence-electron chi connectivity index (χ0n) is 6.97. The molecule has 0 radical (unpaired) electrons. The largest absolute Gasteiger partial charge is 0.355 e. The molecule has 1 N–H and O–H groups in total. The second kappa shape index (κ2) is 6.58. The van der Waals surface area contributed by atoms with E-state index in [4.69, 9.17) is 9.47 Å². The van der Waals surface area contributed by atoms with E-state index in [1.165, 1.54) is 25.9 Å². The van der Waals surface area contributed by atoms with E-state index in [-0.39, 0.29) is 0 Å². The van der Waals surface area contributed by atoms with Crippen LogP contribution in [-0.2, 0) is 9.47 Å². The summed E-state index contributed by atoms with van der Waals surface area (Å²) in [6.07, 6.45) is 3.83. The molecule has 2 saturated heterocycles. The maximum atomic E-state index is 4.85. The van der Waals surface area contributed by atoms with Crippen LogP contribution in [-0.4, -0.2) is 33.1 Å². The molecule has 2 aliphatic rings. The lowest BCUT2D eigenvalue weighted by molar-refractivity contribution is -0.0963. The molecule has 0 spiro atoms. The van der Waals surface area contributed by atoms with Crippen LogP contribution in [0.5, 0.6) is 0 Å². The summed E-state index contributed by atoms with van der Waals surface area (Å²) in [5.74, 6) is 0. The number of hydrogen-bond donors (Lipinski definition) is 1. The molecule has 2 fully saturated rings. The maximum absolute atomic E-state index is 4.85. The minimum absolute atomic E-state index is 0.500. The van der Waals surface area contributed by atoms with Crippen molar-refractivity contribution in [3.63, 3.8) is 0 Å². The highest BCUT2D eigenvalue weighted by molar-refractivity contribution is 4.55. The molecule has 0 saturated carbocycles. The van der Waals surface area contributed by atoms with Gasteiger partial charge in [0.1, 0.15) is 6.79 Å². The molecule has 0 bridgehead atoms. The summed E-state index contributed by atoms with van der Waals surface area (Å²) < 4.78 is 9.69. The van der Waals surface area contributed by atoms with Crippen molar-refractivity contribution in [3.05, 3.63) is 0 Å². The Bertz CT molecular complexity index is 61.0. The number of nitrogens with one attached hydrogen (secondary N) is 1. The van der Waals surface area contributed by atoms with Crippen LogP contribution in [0.2, 0.25) is 0 Å². The Labute approximate surface area is 68.1 Å². The quantitative estimate of drug-likeness (QED) is 0.566. The summed E-state index contributed by atoms with van der Waals surface area (Å²) in [7, 11) is 0. The average Bonchev–Trinajstić information content (AvgIpc) is 2.64. The molecule has 0 atom stereocenters. The molecule has 2 heterocycles. The highest BCUT2D eigenvalue weighted by Gasteiger charge is 1.94. The van der Waals surface area contributed by atoms with Crippen molar-refractivity contribution in [2.75, 3.05) is 33.1 Å². The van der Waals surface area contributed by atoms with Crippen molar-refractivity contribution in [1.82, 2.24) is 5.32 Å². The van der Waals surface area contributed by atoms with Crippen LogP contribution >= 0.6 is 0 Å². The Balaban J connectivity index is 0.000000112. The highest BCUT2D eigenvalue weighted by atomic mass is 16.7. The van der Waals surface area contributed by atoms with Crippen LogP contribution in [0.25, 0.3) is 0 Å². The van der Waals surface area contributed by atoms with E-state index in [2.05, 4.69) is 5.32 Å². The Morgan fingerprint density at radius 3 is 1.64 bits per heavy atom. The van der Waals surface area contributed by atoms with Crippen LogP contribution in [0.3, 0.4) is 0 Å². The molecule has 11 heavy (non-hydrogen) atoms. The van der Waals surface area contributed by atoms with Gasteiger partial charge >= 0.3 is 0 Å². The van der Waals surface area contributed by atoms with E-state index in [1.54, 1.807) is 0 Å². The van der Waals surface area contributed by atoms with Crippen molar-refractivity contribution < 1.29 is 9.47 Å². The molecule has 0 unspecified atom stereocenters. The fourth-order valence-corrected chi connectivity index (χ4v) is 1.06. The predicted octanol–water partition coefficient (Wildman–Crippen LogP) is 0.751. The van der Waals surface area contributed by atoms with Gasteiger partial charge in [-0.25, -0.2) is 0 Å².